The molecule has 12 heavy (non-hydrogen) atoms. The summed E-state index contributed by atoms with van der Waals surface area (Å²) in [5, 5.41) is 2.63. The fourth-order valence-corrected chi connectivity index (χ4v) is 1.44. The first-order chi connectivity index (χ1) is 5.60. The molecule has 1 aliphatic carbocycles. The summed E-state index contributed by atoms with van der Waals surface area (Å²) in [7, 11) is 1.34. The van der Waals surface area contributed by atoms with E-state index in [1.165, 1.54) is 14.0 Å². The van der Waals surface area contributed by atoms with Gasteiger partial charge in [-0.3, -0.25) is 4.79 Å². The van der Waals surface area contributed by atoms with Crippen LogP contribution >= 0.6 is 0 Å². The number of ether oxygens (including phenoxy) is 1. The minimum Gasteiger partial charge on any atom is -0.467 e. The molecule has 4 nitrogen and oxygen atoms in total. The second-order valence-corrected chi connectivity index (χ2v) is 3.11. The molecule has 1 rings (SSSR count). The monoisotopic (exact) mass is 171 g/mol. The van der Waals surface area contributed by atoms with Crippen molar-refractivity contribution >= 4 is 11.9 Å². The normalized spacial score (nSPS) is 19.2. The van der Waals surface area contributed by atoms with E-state index in [2.05, 4.69) is 10.1 Å². The SMILES string of the molecule is COC(=O)C1(NC(C)=O)CCC1. The van der Waals surface area contributed by atoms with E-state index in [1.807, 2.05) is 0 Å². The molecule has 1 amide bonds. The van der Waals surface area contributed by atoms with Crippen molar-refractivity contribution in [2.24, 2.45) is 0 Å². The molecule has 4 heteroatoms. The van der Waals surface area contributed by atoms with E-state index >= 15 is 0 Å². The van der Waals surface area contributed by atoms with Crippen molar-refractivity contribution in [3.63, 3.8) is 0 Å². The number of carbonyl (C=O) groups is 2. The average Bonchev–Trinajstić information content (AvgIpc) is 1.95. The summed E-state index contributed by atoms with van der Waals surface area (Å²) in [5.74, 6) is -0.510. The first kappa shape index (κ1) is 9.03. The third kappa shape index (κ3) is 1.42. The minimum absolute atomic E-state index is 0.180. The summed E-state index contributed by atoms with van der Waals surface area (Å²) in [4.78, 5) is 22.0. The Morgan fingerprint density at radius 3 is 2.25 bits per heavy atom. The van der Waals surface area contributed by atoms with Crippen molar-refractivity contribution in [2.75, 3.05) is 7.11 Å². The predicted molar refractivity (Wildman–Crippen MR) is 42.4 cm³/mol. The van der Waals surface area contributed by atoms with Gasteiger partial charge in [0, 0.05) is 6.92 Å². The quantitative estimate of drug-likeness (QED) is 0.604. The van der Waals surface area contributed by atoms with Crippen LogP contribution in [0, 0.1) is 0 Å². The highest BCUT2D eigenvalue weighted by Crippen LogP contribution is 2.32. The van der Waals surface area contributed by atoms with E-state index in [0.29, 0.717) is 12.8 Å². The van der Waals surface area contributed by atoms with Crippen molar-refractivity contribution in [3.05, 3.63) is 0 Å². The Hall–Kier alpha value is -1.06. The maximum Gasteiger partial charge on any atom is 0.331 e. The summed E-state index contributed by atoms with van der Waals surface area (Å²) >= 11 is 0. The lowest BCUT2D eigenvalue weighted by atomic mass is 9.76. The maximum absolute atomic E-state index is 11.2. The Bertz CT molecular complexity index is 208. The van der Waals surface area contributed by atoms with Crippen molar-refractivity contribution in [1.82, 2.24) is 5.32 Å². The van der Waals surface area contributed by atoms with Gasteiger partial charge in [0.15, 0.2) is 0 Å². The van der Waals surface area contributed by atoms with Gasteiger partial charge in [0.25, 0.3) is 0 Å². The maximum atomic E-state index is 11.2. The van der Waals surface area contributed by atoms with Gasteiger partial charge in [-0.1, -0.05) is 0 Å². The minimum atomic E-state index is -0.708. The Labute approximate surface area is 71.3 Å². The van der Waals surface area contributed by atoms with Crippen LogP contribution in [0.25, 0.3) is 0 Å². The molecule has 0 unspecified atom stereocenters. The third-order valence-corrected chi connectivity index (χ3v) is 2.20. The topological polar surface area (TPSA) is 55.4 Å². The molecule has 1 aliphatic rings. The summed E-state index contributed by atoms with van der Waals surface area (Å²) in [6, 6.07) is 0. The van der Waals surface area contributed by atoms with Gasteiger partial charge >= 0.3 is 5.97 Å². The van der Waals surface area contributed by atoms with Gasteiger partial charge in [-0.25, -0.2) is 4.79 Å². The van der Waals surface area contributed by atoms with Crippen LogP contribution in [0.3, 0.4) is 0 Å². The molecule has 0 radical (unpaired) electrons. The Morgan fingerprint density at radius 1 is 1.42 bits per heavy atom. The van der Waals surface area contributed by atoms with Crippen LogP contribution in [0.15, 0.2) is 0 Å². The fraction of sp³-hybridized carbons (Fsp3) is 0.750. The van der Waals surface area contributed by atoms with Crippen molar-refractivity contribution in [1.29, 1.82) is 0 Å². The van der Waals surface area contributed by atoms with Crippen molar-refractivity contribution in [2.45, 2.75) is 31.7 Å². The molecule has 0 atom stereocenters. The molecule has 0 aromatic rings. The van der Waals surface area contributed by atoms with Gasteiger partial charge in [0.05, 0.1) is 7.11 Å². The fourth-order valence-electron chi connectivity index (χ4n) is 1.44. The van der Waals surface area contributed by atoms with Crippen LogP contribution in [-0.4, -0.2) is 24.5 Å². The zero-order chi connectivity index (χ0) is 9.19. The van der Waals surface area contributed by atoms with E-state index in [0.717, 1.165) is 6.42 Å². The molecule has 0 spiro atoms. The number of amides is 1. The van der Waals surface area contributed by atoms with Gasteiger partial charge in [0.1, 0.15) is 5.54 Å². The van der Waals surface area contributed by atoms with E-state index in [9.17, 15) is 9.59 Å². The molecule has 68 valence electrons. The number of carbonyl (C=O) groups excluding carboxylic acids is 2. The van der Waals surface area contributed by atoms with Crippen molar-refractivity contribution < 1.29 is 14.3 Å². The van der Waals surface area contributed by atoms with Gasteiger partial charge < -0.3 is 10.1 Å². The molecule has 0 saturated heterocycles. The van der Waals surface area contributed by atoms with Crippen LogP contribution in [0.1, 0.15) is 26.2 Å². The van der Waals surface area contributed by atoms with E-state index in [1.54, 1.807) is 0 Å². The Balaban J connectivity index is 2.62. The van der Waals surface area contributed by atoms with Gasteiger partial charge in [-0.15, -0.1) is 0 Å². The van der Waals surface area contributed by atoms with Crippen LogP contribution in [-0.2, 0) is 14.3 Å². The molecular formula is C8H13NO3. The lowest BCUT2D eigenvalue weighted by Crippen LogP contribution is -2.59. The van der Waals surface area contributed by atoms with Crippen molar-refractivity contribution in [3.8, 4) is 0 Å². The predicted octanol–water partition coefficient (Wildman–Crippen LogP) is 0.218. The second kappa shape index (κ2) is 3.13. The molecule has 1 fully saturated rings. The van der Waals surface area contributed by atoms with E-state index < -0.39 is 5.54 Å². The lowest BCUT2D eigenvalue weighted by molar-refractivity contribution is -0.154. The summed E-state index contributed by atoms with van der Waals surface area (Å²) in [6.07, 6.45) is 2.36. The number of hydrogen-bond acceptors (Lipinski definition) is 3. The highest BCUT2D eigenvalue weighted by atomic mass is 16.5. The zero-order valence-electron chi connectivity index (χ0n) is 7.35. The van der Waals surface area contributed by atoms with E-state index in [-0.39, 0.29) is 11.9 Å². The number of hydrogen-bond donors (Lipinski definition) is 1. The summed E-state index contributed by atoms with van der Waals surface area (Å²) in [5.41, 5.74) is -0.708. The smallest absolute Gasteiger partial charge is 0.331 e. The molecule has 1 N–H and O–H groups in total. The molecule has 0 aliphatic heterocycles. The van der Waals surface area contributed by atoms with Gasteiger partial charge in [0.2, 0.25) is 5.91 Å². The van der Waals surface area contributed by atoms with Crippen LogP contribution in [0.5, 0.6) is 0 Å². The van der Waals surface area contributed by atoms with E-state index in [4.69, 9.17) is 0 Å². The van der Waals surface area contributed by atoms with Gasteiger partial charge in [-0.05, 0) is 19.3 Å². The molecule has 0 aromatic carbocycles. The van der Waals surface area contributed by atoms with Gasteiger partial charge in [-0.2, -0.15) is 0 Å². The molecule has 0 bridgehead atoms. The van der Waals surface area contributed by atoms with Crippen LogP contribution < -0.4 is 5.32 Å². The number of esters is 1. The first-order valence-electron chi connectivity index (χ1n) is 3.98. The highest BCUT2D eigenvalue weighted by molar-refractivity contribution is 5.88. The molecular weight excluding hydrogens is 158 g/mol. The zero-order valence-corrected chi connectivity index (χ0v) is 7.35. The number of rotatable bonds is 2. The molecule has 1 saturated carbocycles. The highest BCUT2D eigenvalue weighted by Gasteiger charge is 2.45. The average molecular weight is 171 g/mol. The number of methoxy groups -OCH3 is 1. The first-order valence-corrected chi connectivity index (χ1v) is 3.98. The standard InChI is InChI=1S/C8H13NO3/c1-6(10)9-8(4-3-5-8)7(11)12-2/h3-5H2,1-2H3,(H,9,10). The van der Waals surface area contributed by atoms with Crippen LogP contribution in [0.4, 0.5) is 0 Å². The Kier molecular flexibility index (Phi) is 2.35. The summed E-state index contributed by atoms with van der Waals surface area (Å²) < 4.78 is 4.60. The number of nitrogens with one attached hydrogen (secondary N) is 1. The second-order valence-electron chi connectivity index (χ2n) is 3.11. The lowest BCUT2D eigenvalue weighted by Gasteiger charge is -2.38. The Morgan fingerprint density at radius 2 is 2.00 bits per heavy atom. The largest absolute Gasteiger partial charge is 0.467 e. The summed E-state index contributed by atoms with van der Waals surface area (Å²) in [6.45, 7) is 1.41. The molecule has 0 heterocycles. The van der Waals surface area contributed by atoms with Crippen LogP contribution in [0.2, 0.25) is 0 Å². The third-order valence-electron chi connectivity index (χ3n) is 2.20. The molecule has 0 aromatic heterocycles.